The summed E-state index contributed by atoms with van der Waals surface area (Å²) < 4.78 is 6.81. The fourth-order valence-electron chi connectivity index (χ4n) is 2.72. The molecule has 126 valence electrons. The summed E-state index contributed by atoms with van der Waals surface area (Å²) in [5.74, 6) is 0.750. The highest BCUT2D eigenvalue weighted by Gasteiger charge is 2.16. The minimum Gasteiger partial charge on any atom is -0.497 e. The molecule has 3 aromatic heterocycles. The molecule has 0 saturated heterocycles. The molecular formula is C18H14N2O3S2. The maximum atomic E-state index is 12.8. The second-order valence-electron chi connectivity index (χ2n) is 5.69. The highest BCUT2D eigenvalue weighted by molar-refractivity contribution is 7.19. The Morgan fingerprint density at radius 2 is 1.80 bits per heavy atom. The number of thiazole rings is 1. The third kappa shape index (κ3) is 2.47. The minimum absolute atomic E-state index is 0.280. The summed E-state index contributed by atoms with van der Waals surface area (Å²) in [6.07, 6.45) is 1.77. The van der Waals surface area contributed by atoms with Crippen LogP contribution in [0.1, 0.15) is 16.0 Å². The van der Waals surface area contributed by atoms with Crippen LogP contribution in [0.25, 0.3) is 21.3 Å². The van der Waals surface area contributed by atoms with Gasteiger partial charge in [0.2, 0.25) is 4.96 Å². The van der Waals surface area contributed by atoms with Gasteiger partial charge in [0.05, 0.1) is 17.0 Å². The van der Waals surface area contributed by atoms with Crippen LogP contribution in [0.5, 0.6) is 5.75 Å². The van der Waals surface area contributed by atoms with Crippen LogP contribution in [0.15, 0.2) is 33.9 Å². The first kappa shape index (κ1) is 16.0. The van der Waals surface area contributed by atoms with Gasteiger partial charge >= 0.3 is 0 Å². The standard InChI is InChI=1S/C18H14N2O3S2/c1-9-10(2)24-15-14(9)17(22)20-16(21)13(25-18(20)19-15)8-11-4-6-12(23-3)7-5-11/h4-8H,1-3H3/b13-8+. The van der Waals surface area contributed by atoms with E-state index in [4.69, 9.17) is 4.74 Å². The number of nitrogens with zero attached hydrogens (tertiary/aromatic N) is 2. The van der Waals surface area contributed by atoms with E-state index >= 15 is 0 Å². The van der Waals surface area contributed by atoms with Gasteiger partial charge in [-0.25, -0.2) is 9.38 Å². The molecule has 0 aliphatic rings. The zero-order valence-corrected chi connectivity index (χ0v) is 15.5. The molecule has 0 saturated carbocycles. The Labute approximate surface area is 150 Å². The van der Waals surface area contributed by atoms with Crippen LogP contribution in [0.3, 0.4) is 0 Å². The average Bonchev–Trinajstić information content (AvgIpc) is 3.06. The van der Waals surface area contributed by atoms with Crippen molar-refractivity contribution >= 4 is 43.9 Å². The van der Waals surface area contributed by atoms with Crippen molar-refractivity contribution in [2.24, 2.45) is 0 Å². The second-order valence-corrected chi connectivity index (χ2v) is 7.90. The van der Waals surface area contributed by atoms with Crippen LogP contribution in [0.4, 0.5) is 0 Å². The molecule has 0 unspecified atom stereocenters. The Hall–Kier alpha value is -2.51. The van der Waals surface area contributed by atoms with Crippen LogP contribution in [0.2, 0.25) is 0 Å². The number of hydrogen-bond donors (Lipinski definition) is 0. The lowest BCUT2D eigenvalue weighted by atomic mass is 10.2. The third-order valence-corrected chi connectivity index (χ3v) is 6.27. The van der Waals surface area contributed by atoms with Gasteiger partial charge in [0, 0.05) is 4.88 Å². The predicted octanol–water partition coefficient (Wildman–Crippen LogP) is 2.50. The lowest BCUT2D eigenvalue weighted by molar-refractivity contribution is 0.415. The Morgan fingerprint density at radius 1 is 1.08 bits per heavy atom. The number of aryl methyl sites for hydroxylation is 2. The SMILES string of the molecule is COc1ccc(/C=c2/sc3nc4sc(C)c(C)c4c(=O)n3c2=O)cc1. The van der Waals surface area contributed by atoms with Crippen LogP contribution >= 0.6 is 22.7 Å². The van der Waals surface area contributed by atoms with Gasteiger partial charge in [-0.15, -0.1) is 11.3 Å². The van der Waals surface area contributed by atoms with Crippen molar-refractivity contribution < 1.29 is 4.74 Å². The van der Waals surface area contributed by atoms with Crippen LogP contribution < -0.4 is 20.4 Å². The average molecular weight is 370 g/mol. The monoisotopic (exact) mass is 370 g/mol. The van der Waals surface area contributed by atoms with E-state index in [2.05, 4.69) is 4.98 Å². The smallest absolute Gasteiger partial charge is 0.277 e. The van der Waals surface area contributed by atoms with Crippen molar-refractivity contribution in [3.05, 3.63) is 65.5 Å². The first-order chi connectivity index (χ1) is 12.0. The van der Waals surface area contributed by atoms with Gasteiger partial charge < -0.3 is 4.74 Å². The molecule has 1 aromatic carbocycles. The molecule has 0 aliphatic heterocycles. The number of hydrogen-bond acceptors (Lipinski definition) is 6. The van der Waals surface area contributed by atoms with Gasteiger partial charge in [-0.1, -0.05) is 23.5 Å². The Kier molecular flexibility index (Phi) is 3.70. The molecule has 0 fully saturated rings. The van der Waals surface area contributed by atoms with Gasteiger partial charge in [0.25, 0.3) is 11.1 Å². The van der Waals surface area contributed by atoms with Crippen molar-refractivity contribution in [1.29, 1.82) is 0 Å². The normalized spacial score (nSPS) is 12.4. The number of methoxy groups -OCH3 is 1. The fourth-order valence-corrected chi connectivity index (χ4v) is 4.76. The summed E-state index contributed by atoms with van der Waals surface area (Å²) >= 11 is 2.72. The fraction of sp³-hybridized carbons (Fsp3) is 0.167. The largest absolute Gasteiger partial charge is 0.497 e. The van der Waals surface area contributed by atoms with Gasteiger partial charge in [-0.05, 0) is 43.2 Å². The molecule has 3 heterocycles. The van der Waals surface area contributed by atoms with Crippen molar-refractivity contribution in [2.75, 3.05) is 7.11 Å². The Balaban J connectivity index is 2.00. The quantitative estimate of drug-likeness (QED) is 0.544. The maximum Gasteiger partial charge on any atom is 0.277 e. The third-order valence-electron chi connectivity index (χ3n) is 4.20. The molecule has 0 atom stereocenters. The van der Waals surface area contributed by atoms with E-state index in [1.165, 1.54) is 27.1 Å². The van der Waals surface area contributed by atoms with Gasteiger partial charge in [-0.2, -0.15) is 0 Å². The molecule has 4 aromatic rings. The van der Waals surface area contributed by atoms with E-state index in [-0.39, 0.29) is 11.1 Å². The van der Waals surface area contributed by atoms with Crippen molar-refractivity contribution in [2.45, 2.75) is 13.8 Å². The Morgan fingerprint density at radius 3 is 2.48 bits per heavy atom. The molecule has 7 heteroatoms. The summed E-state index contributed by atoms with van der Waals surface area (Å²) in [5.41, 5.74) is 1.17. The second kappa shape index (κ2) is 5.79. The lowest BCUT2D eigenvalue weighted by Crippen LogP contribution is -2.31. The molecule has 0 amide bonds. The molecule has 0 N–H and O–H groups in total. The van der Waals surface area contributed by atoms with Crippen LogP contribution in [-0.2, 0) is 0 Å². The number of ether oxygens (including phenoxy) is 1. The topological polar surface area (TPSA) is 60.7 Å². The number of rotatable bonds is 2. The number of fused-ring (bicyclic) bond motifs is 2. The van der Waals surface area contributed by atoms with Crippen molar-refractivity contribution in [3.63, 3.8) is 0 Å². The number of thiophene rings is 1. The number of benzene rings is 1. The molecule has 4 rings (SSSR count). The van der Waals surface area contributed by atoms with Crippen LogP contribution in [0, 0.1) is 13.8 Å². The van der Waals surface area contributed by atoms with Gasteiger partial charge in [0.15, 0.2) is 0 Å². The molecule has 0 aliphatic carbocycles. The molecular weight excluding hydrogens is 356 g/mol. The summed E-state index contributed by atoms with van der Waals surface area (Å²) in [7, 11) is 1.61. The van der Waals surface area contributed by atoms with E-state index in [0.29, 0.717) is 19.7 Å². The van der Waals surface area contributed by atoms with E-state index in [0.717, 1.165) is 21.8 Å². The number of aromatic nitrogens is 2. The molecule has 5 nitrogen and oxygen atoms in total. The first-order valence-electron chi connectivity index (χ1n) is 7.60. The van der Waals surface area contributed by atoms with Gasteiger partial charge in [0.1, 0.15) is 10.6 Å². The van der Waals surface area contributed by atoms with Crippen LogP contribution in [-0.4, -0.2) is 16.5 Å². The van der Waals surface area contributed by atoms with E-state index < -0.39 is 0 Å². The summed E-state index contributed by atoms with van der Waals surface area (Å²) in [5, 5.41) is 0.547. The minimum atomic E-state index is -0.321. The first-order valence-corrected chi connectivity index (χ1v) is 9.24. The molecule has 0 radical (unpaired) electrons. The van der Waals surface area contributed by atoms with Gasteiger partial charge in [-0.3, -0.25) is 9.59 Å². The van der Waals surface area contributed by atoms with Crippen molar-refractivity contribution in [3.8, 4) is 5.75 Å². The molecule has 25 heavy (non-hydrogen) atoms. The molecule has 0 bridgehead atoms. The lowest BCUT2D eigenvalue weighted by Gasteiger charge is -1.98. The highest BCUT2D eigenvalue weighted by Crippen LogP contribution is 2.26. The predicted molar refractivity (Wildman–Crippen MR) is 102 cm³/mol. The Bertz CT molecular complexity index is 1280. The van der Waals surface area contributed by atoms with E-state index in [9.17, 15) is 9.59 Å². The summed E-state index contributed by atoms with van der Waals surface area (Å²) in [6, 6.07) is 7.39. The summed E-state index contributed by atoms with van der Waals surface area (Å²) in [4.78, 5) is 32.2. The zero-order valence-electron chi connectivity index (χ0n) is 13.8. The highest BCUT2D eigenvalue weighted by atomic mass is 32.1. The maximum absolute atomic E-state index is 12.8. The molecule has 0 spiro atoms. The van der Waals surface area contributed by atoms with Crippen molar-refractivity contribution in [1.82, 2.24) is 9.38 Å². The van der Waals surface area contributed by atoms with E-state index in [1.54, 1.807) is 13.2 Å². The zero-order chi connectivity index (χ0) is 17.7. The summed E-state index contributed by atoms with van der Waals surface area (Å²) in [6.45, 7) is 3.85. The van der Waals surface area contributed by atoms with E-state index in [1.807, 2.05) is 38.1 Å².